The molecule has 13 nitrogen and oxygen atoms in total. The number of fused-ring (bicyclic) bond motifs is 4. The Morgan fingerprint density at radius 3 is 2.47 bits per heavy atom. The maximum Gasteiger partial charge on any atom is 0.329 e. The first-order valence-electron chi connectivity index (χ1n) is 21.4. The van der Waals surface area contributed by atoms with Gasteiger partial charge in [0.1, 0.15) is 17.3 Å². The molecule has 4 aliphatic rings. The average Bonchev–Trinajstić information content (AvgIpc) is 3.83. The van der Waals surface area contributed by atoms with Crippen LogP contribution in [0.2, 0.25) is 10.0 Å². The fraction of sp³-hybridized carbons (Fsp3) is 0.333. The van der Waals surface area contributed by atoms with Gasteiger partial charge in [-0.3, -0.25) is 43.7 Å². The van der Waals surface area contributed by atoms with E-state index in [0.29, 0.717) is 76.3 Å². The molecule has 9 rings (SSSR count). The van der Waals surface area contributed by atoms with Gasteiger partial charge in [0.15, 0.2) is 0 Å². The van der Waals surface area contributed by atoms with Crippen LogP contribution >= 0.6 is 23.2 Å². The number of rotatable bonds is 8. The number of nitrogens with zero attached hydrogens (tertiary/aromatic N) is 2. The zero-order valence-electron chi connectivity index (χ0n) is 34.8. The van der Waals surface area contributed by atoms with E-state index >= 15 is 4.39 Å². The largest absolute Gasteiger partial charge is 0.352 e. The van der Waals surface area contributed by atoms with Crippen molar-refractivity contribution in [3.63, 3.8) is 0 Å². The summed E-state index contributed by atoms with van der Waals surface area (Å²) in [5, 5.41) is 15.2. The molecule has 2 saturated heterocycles. The van der Waals surface area contributed by atoms with Crippen LogP contribution in [0.25, 0.3) is 11.0 Å². The number of hydrogen-bond acceptors (Lipinski definition) is 7. The predicted octanol–water partition coefficient (Wildman–Crippen LogP) is 6.61. The highest BCUT2D eigenvalue weighted by Crippen LogP contribution is 2.63. The second kappa shape index (κ2) is 17.0. The highest BCUT2D eigenvalue weighted by Gasteiger charge is 2.72. The Balaban J connectivity index is 0.863. The van der Waals surface area contributed by atoms with Crippen molar-refractivity contribution in [1.29, 1.82) is 0 Å². The summed E-state index contributed by atoms with van der Waals surface area (Å²) in [5.74, 6) is 2.60. The smallest absolute Gasteiger partial charge is 0.329 e. The molecule has 4 heterocycles. The molecule has 64 heavy (non-hydrogen) atoms. The van der Waals surface area contributed by atoms with E-state index in [1.54, 1.807) is 73.8 Å². The minimum Gasteiger partial charge on any atom is -0.352 e. The number of unbranched alkanes of at least 4 members (excludes halogenated alkanes) is 1. The topological polar surface area (TPSA) is 172 Å². The van der Waals surface area contributed by atoms with Crippen molar-refractivity contribution in [1.82, 2.24) is 25.1 Å². The van der Waals surface area contributed by atoms with Crippen LogP contribution in [0.4, 0.5) is 15.8 Å². The van der Waals surface area contributed by atoms with Gasteiger partial charge in [-0.1, -0.05) is 72.5 Å². The molecule has 0 bridgehead atoms. The van der Waals surface area contributed by atoms with Crippen molar-refractivity contribution in [3.05, 3.63) is 127 Å². The van der Waals surface area contributed by atoms with Crippen LogP contribution in [0.1, 0.15) is 96.8 Å². The number of piperidine rings is 1. The maximum absolute atomic E-state index is 16.2. The lowest BCUT2D eigenvalue weighted by molar-refractivity contribution is -0.135. The summed E-state index contributed by atoms with van der Waals surface area (Å²) in [6, 6.07) is 19.8. The van der Waals surface area contributed by atoms with E-state index in [4.69, 9.17) is 23.2 Å². The molecule has 5 N–H and O–H groups in total. The van der Waals surface area contributed by atoms with Crippen molar-refractivity contribution in [3.8, 4) is 11.8 Å². The lowest BCUT2D eigenvalue weighted by atomic mass is 9.55. The van der Waals surface area contributed by atoms with E-state index in [9.17, 15) is 28.8 Å². The average molecular weight is 905 g/mol. The minimum atomic E-state index is -1.36. The van der Waals surface area contributed by atoms with Crippen molar-refractivity contribution in [2.75, 3.05) is 17.2 Å². The van der Waals surface area contributed by atoms with Gasteiger partial charge in [-0.25, -0.2) is 9.18 Å². The van der Waals surface area contributed by atoms with Crippen LogP contribution in [0, 0.1) is 17.7 Å². The van der Waals surface area contributed by atoms with Gasteiger partial charge in [-0.05, 0) is 97.5 Å². The number of halogens is 3. The molecule has 5 aromatic rings. The molecule has 3 fully saturated rings. The molecule has 2 spiro atoms. The van der Waals surface area contributed by atoms with Crippen molar-refractivity contribution in [2.45, 2.75) is 86.7 Å². The fourth-order valence-electron chi connectivity index (χ4n) is 10.5. The summed E-state index contributed by atoms with van der Waals surface area (Å²) in [6.07, 6.45) is 5.23. The van der Waals surface area contributed by atoms with Gasteiger partial charge in [-0.2, -0.15) is 0 Å². The molecular weight excluding hydrogens is 860 g/mol. The molecule has 16 heteroatoms. The van der Waals surface area contributed by atoms with E-state index in [1.807, 2.05) is 6.07 Å². The van der Waals surface area contributed by atoms with E-state index < -0.39 is 46.6 Å². The molecule has 4 atom stereocenters. The standard InChI is InChI=1S/C48H44Cl2FN7O6/c1-57-37-25-27(12-19-35(37)58(46(57)64)36-20-21-38(59)55-43(36)61)9-4-2-7-24-52-42(60)28-13-16-30(17-14-28)53-44(62)41-39(31-10-8-11-33(50)40(31)51)48(47(56-41)22-5-3-6-23-47)32-18-15-29(49)26-34(32)54-45(48)63/h8,10-19,25-26,36,39,41,56H,2-3,5-7,20-24H2,1H3,(H,52,60)(H,53,62)(H,54,63)(H,55,59,61)/t36?,39-,41+,48+/m0/s1. The molecular formula is C48H44Cl2FN7O6. The van der Waals surface area contributed by atoms with Gasteiger partial charge in [0, 0.05) is 65.4 Å². The third-order valence-corrected chi connectivity index (χ3v) is 13.9. The zero-order chi connectivity index (χ0) is 44.9. The van der Waals surface area contributed by atoms with Crippen molar-refractivity contribution >= 4 is 75.1 Å². The summed E-state index contributed by atoms with van der Waals surface area (Å²) < 4.78 is 19.1. The maximum atomic E-state index is 16.2. The SMILES string of the molecule is Cn1c(=O)n(C2CCC(=O)NC2=O)c2ccc(C#CCCCNC(=O)c3ccc(NC(=O)[C@@H]4NC5(CCCCC5)[C@@]5(C(=O)Nc6cc(Cl)ccc65)[C@H]4c4cccc(Cl)c4F)cc3)cc21. The number of aryl methyl sites for hydroxylation is 1. The zero-order valence-corrected chi connectivity index (χ0v) is 36.3. The summed E-state index contributed by atoms with van der Waals surface area (Å²) in [4.78, 5) is 79.5. The lowest BCUT2D eigenvalue weighted by Gasteiger charge is -2.47. The van der Waals surface area contributed by atoms with Crippen LogP contribution in [0.5, 0.6) is 0 Å². The Morgan fingerprint density at radius 1 is 0.922 bits per heavy atom. The second-order valence-corrected chi connectivity index (χ2v) is 17.8. The molecule has 1 unspecified atom stereocenters. The monoisotopic (exact) mass is 903 g/mol. The molecule has 1 aliphatic carbocycles. The van der Waals surface area contributed by atoms with Crippen LogP contribution in [0.15, 0.2) is 83.7 Å². The number of carbonyl (C=O) groups excluding carboxylic acids is 5. The quantitative estimate of drug-likeness (QED) is 0.0663. The highest BCUT2D eigenvalue weighted by molar-refractivity contribution is 6.31. The highest BCUT2D eigenvalue weighted by atomic mass is 35.5. The Hall–Kier alpha value is -6.27. The van der Waals surface area contributed by atoms with Gasteiger partial charge in [0.05, 0.1) is 22.1 Å². The number of aromatic nitrogens is 2. The third kappa shape index (κ3) is 7.25. The van der Waals surface area contributed by atoms with E-state index in [-0.39, 0.29) is 46.8 Å². The fourth-order valence-corrected chi connectivity index (χ4v) is 10.8. The summed E-state index contributed by atoms with van der Waals surface area (Å²) in [5.41, 5.74) is 1.42. The van der Waals surface area contributed by atoms with Gasteiger partial charge < -0.3 is 16.0 Å². The molecule has 4 aromatic carbocycles. The molecule has 1 saturated carbocycles. The third-order valence-electron chi connectivity index (χ3n) is 13.3. The van der Waals surface area contributed by atoms with Gasteiger partial charge in [0.2, 0.25) is 23.6 Å². The molecule has 328 valence electrons. The molecule has 1 aromatic heterocycles. The van der Waals surface area contributed by atoms with E-state index in [1.165, 1.54) is 15.2 Å². The summed E-state index contributed by atoms with van der Waals surface area (Å²) in [6.45, 7) is 0.357. The van der Waals surface area contributed by atoms with Crippen LogP contribution in [-0.4, -0.2) is 56.8 Å². The first kappa shape index (κ1) is 43.0. The Labute approximate surface area is 377 Å². The minimum absolute atomic E-state index is 0.112. The normalized spacial score (nSPS) is 22.2. The number of nitrogens with one attached hydrogen (secondary N) is 5. The number of imidazole rings is 1. The van der Waals surface area contributed by atoms with Gasteiger partial charge in [-0.15, -0.1) is 0 Å². The van der Waals surface area contributed by atoms with Crippen molar-refractivity contribution in [2.24, 2.45) is 7.05 Å². The van der Waals surface area contributed by atoms with Crippen LogP contribution in [-0.2, 0) is 31.6 Å². The first-order chi connectivity index (χ1) is 30.8. The summed E-state index contributed by atoms with van der Waals surface area (Å²) >= 11 is 12.8. The number of amides is 5. The summed E-state index contributed by atoms with van der Waals surface area (Å²) in [7, 11) is 1.63. The number of hydrogen-bond donors (Lipinski definition) is 5. The number of carbonyl (C=O) groups is 5. The van der Waals surface area contributed by atoms with Gasteiger partial charge >= 0.3 is 5.69 Å². The van der Waals surface area contributed by atoms with Gasteiger partial charge in [0.25, 0.3) is 5.91 Å². The lowest BCUT2D eigenvalue weighted by Crippen LogP contribution is -2.60. The molecule has 3 aliphatic heterocycles. The molecule has 5 amide bonds. The Kier molecular flexibility index (Phi) is 11.4. The number of anilines is 2. The Bertz CT molecular complexity index is 2900. The number of imide groups is 1. The van der Waals surface area contributed by atoms with Crippen molar-refractivity contribution < 1.29 is 28.4 Å². The van der Waals surface area contributed by atoms with Crippen LogP contribution < -0.4 is 32.3 Å². The Morgan fingerprint density at radius 2 is 1.70 bits per heavy atom. The van der Waals surface area contributed by atoms with E-state index in [2.05, 4.69) is 38.4 Å². The molecule has 0 radical (unpaired) electrons. The second-order valence-electron chi connectivity index (χ2n) is 16.9. The first-order valence-corrected chi connectivity index (χ1v) is 22.1. The number of benzene rings is 4. The van der Waals surface area contributed by atoms with E-state index in [0.717, 1.165) is 19.3 Å². The predicted molar refractivity (Wildman–Crippen MR) is 241 cm³/mol. The van der Waals surface area contributed by atoms with Crippen LogP contribution in [0.3, 0.4) is 0 Å².